The molecule has 1 N–H and O–H groups in total. The van der Waals surface area contributed by atoms with Gasteiger partial charge in [0.05, 0.1) is 5.69 Å². The summed E-state index contributed by atoms with van der Waals surface area (Å²) >= 11 is 3.05. The van der Waals surface area contributed by atoms with Crippen LogP contribution < -0.4 is 5.32 Å². The Labute approximate surface area is 154 Å². The SMILES string of the molecule is CCN1CCc2nc(NC(=O)c3csc(-c4ccccc4)n3)sc2C1. The van der Waals surface area contributed by atoms with Crippen molar-refractivity contribution < 1.29 is 4.79 Å². The molecular formula is C18H18N4OS2. The van der Waals surface area contributed by atoms with Gasteiger partial charge in [-0.25, -0.2) is 9.97 Å². The summed E-state index contributed by atoms with van der Waals surface area (Å²) in [5.74, 6) is -0.197. The first kappa shape index (κ1) is 16.4. The fourth-order valence-electron chi connectivity index (χ4n) is 2.82. The summed E-state index contributed by atoms with van der Waals surface area (Å²) < 4.78 is 0. The third-order valence-corrected chi connectivity index (χ3v) is 6.12. The minimum absolute atomic E-state index is 0.197. The van der Waals surface area contributed by atoms with Crippen LogP contribution in [0.4, 0.5) is 5.13 Å². The predicted molar refractivity (Wildman–Crippen MR) is 102 cm³/mol. The number of hydrogen-bond acceptors (Lipinski definition) is 6. The third kappa shape index (κ3) is 3.49. The number of nitrogens with zero attached hydrogens (tertiary/aromatic N) is 3. The number of carbonyl (C=O) groups excluding carboxylic acids is 1. The lowest BCUT2D eigenvalue weighted by atomic mass is 10.2. The highest BCUT2D eigenvalue weighted by Gasteiger charge is 2.21. The second kappa shape index (κ2) is 7.03. The average molecular weight is 371 g/mol. The van der Waals surface area contributed by atoms with Crippen LogP contribution in [0.15, 0.2) is 35.7 Å². The number of thiazole rings is 2. The van der Waals surface area contributed by atoms with Crippen LogP contribution in [0.1, 0.15) is 28.0 Å². The van der Waals surface area contributed by atoms with Gasteiger partial charge in [0.15, 0.2) is 5.13 Å². The number of likely N-dealkylation sites (N-methyl/N-ethyl adjacent to an activating group) is 1. The maximum absolute atomic E-state index is 12.5. The maximum Gasteiger partial charge on any atom is 0.276 e. The molecule has 1 amide bonds. The largest absolute Gasteiger partial charge is 0.298 e. The molecular weight excluding hydrogens is 352 g/mol. The van der Waals surface area contributed by atoms with Crippen molar-refractivity contribution in [2.45, 2.75) is 19.9 Å². The van der Waals surface area contributed by atoms with E-state index in [1.807, 2.05) is 30.3 Å². The summed E-state index contributed by atoms with van der Waals surface area (Å²) in [6.45, 7) is 5.17. The van der Waals surface area contributed by atoms with E-state index in [0.717, 1.165) is 42.3 Å². The molecule has 0 unspecified atom stereocenters. The van der Waals surface area contributed by atoms with Crippen LogP contribution in [-0.2, 0) is 13.0 Å². The molecule has 1 aromatic carbocycles. The van der Waals surface area contributed by atoms with Gasteiger partial charge in [-0.2, -0.15) is 0 Å². The Balaban J connectivity index is 1.48. The van der Waals surface area contributed by atoms with Crippen molar-refractivity contribution >= 4 is 33.7 Å². The van der Waals surface area contributed by atoms with Gasteiger partial charge in [-0.05, 0) is 6.54 Å². The van der Waals surface area contributed by atoms with Crippen LogP contribution in [-0.4, -0.2) is 33.9 Å². The highest BCUT2D eigenvalue weighted by Crippen LogP contribution is 2.29. The topological polar surface area (TPSA) is 58.1 Å². The summed E-state index contributed by atoms with van der Waals surface area (Å²) in [6.07, 6.45) is 0.949. The monoisotopic (exact) mass is 370 g/mol. The standard InChI is InChI=1S/C18H18N4OS2/c1-2-22-9-8-13-15(10-22)25-18(20-13)21-16(23)14-11-24-17(19-14)12-6-4-3-5-7-12/h3-7,11H,2,8-10H2,1H3,(H,20,21,23). The zero-order valence-corrected chi connectivity index (χ0v) is 15.5. The number of benzene rings is 1. The van der Waals surface area contributed by atoms with Gasteiger partial charge < -0.3 is 0 Å². The molecule has 5 nitrogen and oxygen atoms in total. The molecule has 0 radical (unpaired) electrons. The summed E-state index contributed by atoms with van der Waals surface area (Å²) in [5, 5.41) is 6.22. The lowest BCUT2D eigenvalue weighted by molar-refractivity contribution is 0.102. The van der Waals surface area contributed by atoms with E-state index in [2.05, 4.69) is 27.1 Å². The Morgan fingerprint density at radius 3 is 2.92 bits per heavy atom. The highest BCUT2D eigenvalue weighted by atomic mass is 32.1. The molecule has 3 heterocycles. The van der Waals surface area contributed by atoms with Crippen molar-refractivity contribution in [2.75, 3.05) is 18.4 Å². The van der Waals surface area contributed by atoms with Crippen molar-refractivity contribution in [3.8, 4) is 10.6 Å². The lowest BCUT2D eigenvalue weighted by Gasteiger charge is -2.23. The van der Waals surface area contributed by atoms with Crippen molar-refractivity contribution in [3.05, 3.63) is 52.0 Å². The molecule has 7 heteroatoms. The normalized spacial score (nSPS) is 14.3. The first-order valence-electron chi connectivity index (χ1n) is 8.26. The van der Waals surface area contributed by atoms with Crippen LogP contribution in [0.25, 0.3) is 10.6 Å². The van der Waals surface area contributed by atoms with Gasteiger partial charge in [0, 0.05) is 35.3 Å². The molecule has 0 aliphatic carbocycles. The van der Waals surface area contributed by atoms with Crippen LogP contribution in [0.3, 0.4) is 0 Å². The number of rotatable bonds is 4. The highest BCUT2D eigenvalue weighted by molar-refractivity contribution is 7.16. The quantitative estimate of drug-likeness (QED) is 0.757. The molecule has 0 fully saturated rings. The van der Waals surface area contributed by atoms with Crippen LogP contribution >= 0.6 is 22.7 Å². The van der Waals surface area contributed by atoms with E-state index in [4.69, 9.17) is 0 Å². The summed E-state index contributed by atoms with van der Waals surface area (Å²) in [7, 11) is 0. The molecule has 128 valence electrons. The van der Waals surface area contributed by atoms with Gasteiger partial charge in [0.25, 0.3) is 5.91 Å². The van der Waals surface area contributed by atoms with Gasteiger partial charge in [-0.3, -0.25) is 15.0 Å². The Bertz CT molecular complexity index is 888. The number of carbonyl (C=O) groups is 1. The lowest BCUT2D eigenvalue weighted by Crippen LogP contribution is -2.29. The van der Waals surface area contributed by atoms with Crippen molar-refractivity contribution in [1.82, 2.24) is 14.9 Å². The minimum atomic E-state index is -0.197. The Kier molecular flexibility index (Phi) is 4.61. The van der Waals surface area contributed by atoms with E-state index in [1.165, 1.54) is 16.2 Å². The summed E-state index contributed by atoms with van der Waals surface area (Å²) in [5.41, 5.74) is 2.58. The van der Waals surface area contributed by atoms with Gasteiger partial charge in [0.1, 0.15) is 10.7 Å². The van der Waals surface area contributed by atoms with Crippen molar-refractivity contribution in [2.24, 2.45) is 0 Å². The van der Waals surface area contributed by atoms with Gasteiger partial charge in [-0.15, -0.1) is 22.7 Å². The summed E-state index contributed by atoms with van der Waals surface area (Å²) in [6, 6.07) is 9.89. The van der Waals surface area contributed by atoms with E-state index in [9.17, 15) is 4.79 Å². The first-order valence-corrected chi connectivity index (χ1v) is 9.96. The van der Waals surface area contributed by atoms with E-state index in [1.54, 1.807) is 16.7 Å². The Hall–Kier alpha value is -2.09. The van der Waals surface area contributed by atoms with E-state index in [0.29, 0.717) is 10.8 Å². The third-order valence-electron chi connectivity index (χ3n) is 4.24. The molecule has 0 atom stereocenters. The number of anilines is 1. The Morgan fingerprint density at radius 1 is 1.28 bits per heavy atom. The molecule has 3 aromatic rings. The number of aromatic nitrogens is 2. The van der Waals surface area contributed by atoms with Crippen LogP contribution in [0, 0.1) is 0 Å². The fourth-order valence-corrected chi connectivity index (χ4v) is 4.68. The first-order chi connectivity index (χ1) is 12.2. The van der Waals surface area contributed by atoms with Gasteiger partial charge in [-0.1, -0.05) is 37.3 Å². The molecule has 2 aromatic heterocycles. The fraction of sp³-hybridized carbons (Fsp3) is 0.278. The molecule has 4 rings (SSSR count). The number of hydrogen-bond donors (Lipinski definition) is 1. The van der Waals surface area contributed by atoms with E-state index in [-0.39, 0.29) is 5.91 Å². The van der Waals surface area contributed by atoms with E-state index < -0.39 is 0 Å². The molecule has 1 aliphatic rings. The number of fused-ring (bicyclic) bond motifs is 1. The maximum atomic E-state index is 12.5. The molecule has 0 saturated heterocycles. The van der Waals surface area contributed by atoms with Gasteiger partial charge >= 0.3 is 0 Å². The molecule has 0 bridgehead atoms. The zero-order chi connectivity index (χ0) is 17.2. The molecule has 25 heavy (non-hydrogen) atoms. The van der Waals surface area contributed by atoms with Gasteiger partial charge in [0.2, 0.25) is 0 Å². The second-order valence-electron chi connectivity index (χ2n) is 5.87. The van der Waals surface area contributed by atoms with Crippen LogP contribution in [0.2, 0.25) is 0 Å². The predicted octanol–water partition coefficient (Wildman–Crippen LogP) is 3.90. The van der Waals surface area contributed by atoms with Crippen molar-refractivity contribution in [1.29, 1.82) is 0 Å². The van der Waals surface area contributed by atoms with E-state index >= 15 is 0 Å². The zero-order valence-electron chi connectivity index (χ0n) is 13.9. The smallest absolute Gasteiger partial charge is 0.276 e. The minimum Gasteiger partial charge on any atom is -0.298 e. The van der Waals surface area contributed by atoms with Crippen molar-refractivity contribution in [3.63, 3.8) is 0 Å². The molecule has 0 spiro atoms. The molecule has 1 aliphatic heterocycles. The van der Waals surface area contributed by atoms with Crippen LogP contribution in [0.5, 0.6) is 0 Å². The second-order valence-corrected chi connectivity index (χ2v) is 7.81. The molecule has 0 saturated carbocycles. The Morgan fingerprint density at radius 2 is 2.12 bits per heavy atom. The number of amides is 1. The summed E-state index contributed by atoms with van der Waals surface area (Å²) in [4.78, 5) is 25.2. The average Bonchev–Trinajstić information content (AvgIpc) is 3.28. The number of nitrogens with one attached hydrogen (secondary N) is 1.